The Morgan fingerprint density at radius 1 is 1.05 bits per heavy atom. The largest absolute Gasteiger partial charge is 0.490 e. The van der Waals surface area contributed by atoms with E-state index in [1.165, 1.54) is 11.0 Å². The number of nitrogens with one attached hydrogen (secondary N) is 2. The number of carboxylic acids is 1. The molecule has 44 heavy (non-hydrogen) atoms. The van der Waals surface area contributed by atoms with Crippen LogP contribution in [0, 0.1) is 18.2 Å². The van der Waals surface area contributed by atoms with E-state index in [0.29, 0.717) is 11.6 Å². The van der Waals surface area contributed by atoms with Crippen LogP contribution in [0.25, 0.3) is 0 Å². The Hall–Kier alpha value is -4.16. The van der Waals surface area contributed by atoms with Gasteiger partial charge in [0.2, 0.25) is 5.91 Å². The van der Waals surface area contributed by atoms with Crippen LogP contribution >= 0.6 is 10.2 Å². The van der Waals surface area contributed by atoms with Crippen molar-refractivity contribution < 1.29 is 66.0 Å². The number of ether oxygens (including phenoxy) is 2. The summed E-state index contributed by atoms with van der Waals surface area (Å²) in [5, 5.41) is 17.2. The van der Waals surface area contributed by atoms with Gasteiger partial charge >= 0.3 is 22.4 Å². The number of aryl methyl sites for hydroxylation is 1. The number of halogens is 9. The number of hydrogen-bond acceptors (Lipinski definition) is 6. The highest BCUT2D eigenvalue weighted by molar-refractivity contribution is 8.45. The third-order valence-electron chi connectivity index (χ3n) is 5.70. The lowest BCUT2D eigenvalue weighted by atomic mass is 10.0. The number of hydrogen-bond donors (Lipinski definition) is 3. The average molecular weight is 668 g/mol. The minimum Gasteiger partial charge on any atom is -0.490 e. The first-order valence-electron chi connectivity index (χ1n) is 12.3. The summed E-state index contributed by atoms with van der Waals surface area (Å²) in [6.07, 6.45) is -5.08. The van der Waals surface area contributed by atoms with Crippen molar-refractivity contribution in [1.29, 1.82) is 5.41 Å². The quantitative estimate of drug-likeness (QED) is 0.191. The molecular weight excluding hydrogens is 641 g/mol. The highest BCUT2D eigenvalue weighted by atomic mass is 32.5. The fourth-order valence-electron chi connectivity index (χ4n) is 4.01. The van der Waals surface area contributed by atoms with Crippen molar-refractivity contribution in [3.63, 3.8) is 0 Å². The fourth-order valence-corrected chi connectivity index (χ4v) is 4.93. The third-order valence-corrected chi connectivity index (χ3v) is 6.87. The molecule has 0 unspecified atom stereocenters. The second-order valence-electron chi connectivity index (χ2n) is 9.16. The van der Waals surface area contributed by atoms with E-state index >= 15 is 4.39 Å². The summed E-state index contributed by atoms with van der Waals surface area (Å²) in [5.41, 5.74) is -1.83. The Labute approximate surface area is 244 Å². The van der Waals surface area contributed by atoms with Gasteiger partial charge in [0, 0.05) is 19.0 Å². The second-order valence-corrected chi connectivity index (χ2v) is 11.5. The van der Waals surface area contributed by atoms with Crippen molar-refractivity contribution >= 4 is 39.4 Å². The molecule has 1 aliphatic heterocycles. The van der Waals surface area contributed by atoms with Crippen molar-refractivity contribution in [3.8, 4) is 11.5 Å². The number of fused-ring (bicyclic) bond motifs is 1. The number of aliphatic carboxylic acids is 1. The lowest BCUT2D eigenvalue weighted by molar-refractivity contribution is -0.192. The zero-order valence-electron chi connectivity index (χ0n) is 23.3. The SMILES string of the molecule is CCOc1cc2c(c(F)c1OCC)C(=N)N(CC(=O)c1cc(NC(C)=O)c(S(F)(F)(F)(F)F)cc1C)C2.O=C(O)C(F)(F)F. The van der Waals surface area contributed by atoms with Crippen LogP contribution in [0.15, 0.2) is 23.1 Å². The van der Waals surface area contributed by atoms with Gasteiger partial charge in [0.25, 0.3) is 0 Å². The zero-order chi connectivity index (χ0) is 34.1. The van der Waals surface area contributed by atoms with Gasteiger partial charge in [0.05, 0.1) is 31.0 Å². The molecule has 9 nitrogen and oxygen atoms in total. The lowest BCUT2D eigenvalue weighted by Gasteiger charge is -2.42. The summed E-state index contributed by atoms with van der Waals surface area (Å²) in [4.78, 5) is 32.2. The molecule has 1 aliphatic rings. The van der Waals surface area contributed by atoms with Crippen LogP contribution in [-0.2, 0) is 16.1 Å². The maximum Gasteiger partial charge on any atom is 0.490 e. The van der Waals surface area contributed by atoms with Gasteiger partial charge in [-0.25, -0.2) is 9.18 Å². The van der Waals surface area contributed by atoms with Gasteiger partial charge in [-0.05, 0) is 50.1 Å². The molecule has 2 aromatic carbocycles. The molecule has 0 bridgehead atoms. The molecule has 3 N–H and O–H groups in total. The van der Waals surface area contributed by atoms with E-state index in [-0.39, 0.29) is 54.3 Å². The molecule has 246 valence electrons. The van der Waals surface area contributed by atoms with E-state index in [9.17, 15) is 42.2 Å². The number of carbonyl (C=O) groups is 3. The number of carbonyl (C=O) groups excluding carboxylic acids is 2. The molecule has 1 heterocycles. The van der Waals surface area contributed by atoms with Crippen LogP contribution < -0.4 is 14.8 Å². The smallest absolute Gasteiger partial charge is 0.490 e. The van der Waals surface area contributed by atoms with Crippen molar-refractivity contribution in [1.82, 2.24) is 4.90 Å². The van der Waals surface area contributed by atoms with E-state index in [4.69, 9.17) is 24.8 Å². The number of nitrogens with zero attached hydrogens (tertiary/aromatic N) is 1. The van der Waals surface area contributed by atoms with Gasteiger partial charge in [0.1, 0.15) is 10.7 Å². The lowest BCUT2D eigenvalue weighted by Crippen LogP contribution is -2.31. The summed E-state index contributed by atoms with van der Waals surface area (Å²) in [7, 11) is -10.2. The molecule has 0 atom stereocenters. The van der Waals surface area contributed by atoms with Crippen molar-refractivity contribution in [2.45, 2.75) is 45.3 Å². The Balaban J connectivity index is 0.000000860. The third kappa shape index (κ3) is 8.48. The minimum atomic E-state index is -10.2. The first-order valence-corrected chi connectivity index (χ1v) is 14.2. The summed E-state index contributed by atoms with van der Waals surface area (Å²) in [6, 6.07) is 2.14. The van der Waals surface area contributed by atoms with Crippen LogP contribution in [0.4, 0.5) is 42.7 Å². The Morgan fingerprint density at radius 3 is 2.05 bits per heavy atom. The summed E-state index contributed by atoms with van der Waals surface area (Å²) < 4.78 is 126. The van der Waals surface area contributed by atoms with Gasteiger partial charge in [-0.15, -0.1) is 0 Å². The Kier molecular flexibility index (Phi) is 9.61. The Bertz CT molecular complexity index is 1510. The van der Waals surface area contributed by atoms with Gasteiger partial charge in [0.15, 0.2) is 23.1 Å². The number of amidine groups is 1. The first-order chi connectivity index (χ1) is 19.8. The van der Waals surface area contributed by atoms with Crippen LogP contribution in [0.2, 0.25) is 0 Å². The molecular formula is C25H26F9N3O6S. The monoisotopic (exact) mass is 667 g/mol. The molecule has 0 saturated carbocycles. The van der Waals surface area contributed by atoms with E-state index in [1.54, 1.807) is 19.2 Å². The minimum absolute atomic E-state index is 0.0928. The van der Waals surface area contributed by atoms with Crippen LogP contribution in [0.1, 0.15) is 47.8 Å². The molecule has 19 heteroatoms. The number of carboxylic acid groups (broad SMARTS) is 1. The van der Waals surface area contributed by atoms with Crippen molar-refractivity contribution in [2.24, 2.45) is 0 Å². The van der Waals surface area contributed by atoms with Crippen molar-refractivity contribution in [2.75, 3.05) is 25.1 Å². The molecule has 3 rings (SSSR count). The Morgan fingerprint density at radius 2 is 1.59 bits per heavy atom. The predicted molar refractivity (Wildman–Crippen MR) is 141 cm³/mol. The number of anilines is 1. The highest BCUT2D eigenvalue weighted by Gasteiger charge is 2.67. The number of benzene rings is 2. The van der Waals surface area contributed by atoms with Gasteiger partial charge in [-0.2, -0.15) is 13.2 Å². The number of alkyl halides is 3. The topological polar surface area (TPSA) is 129 Å². The standard InChI is InChI=1S/C23H25F6N3O4S.C2HF3O2/c1-5-35-18-8-14-10-32(23(30)20(14)21(24)22(18)36-6-2)11-17(34)15-9-16(31-13(4)33)19(7-12(15)3)37(25,26,27,28)29;3-2(4,5)1(6)7/h7-9,30H,5-6,10-11H2,1-4H3,(H,31,33);(H,6,7). The molecule has 0 fully saturated rings. The van der Waals surface area contributed by atoms with E-state index < -0.39 is 62.6 Å². The fraction of sp³-hybridized carbons (Fsp3) is 0.360. The summed E-state index contributed by atoms with van der Waals surface area (Å²) in [6.45, 7) is 4.87. The van der Waals surface area contributed by atoms with Crippen LogP contribution in [0.5, 0.6) is 11.5 Å². The second kappa shape index (κ2) is 11.7. The molecule has 1 amide bonds. The maximum absolute atomic E-state index is 15.2. The number of amides is 1. The zero-order valence-corrected chi connectivity index (χ0v) is 24.1. The highest BCUT2D eigenvalue weighted by Crippen LogP contribution is 3.03. The molecule has 2 aromatic rings. The van der Waals surface area contributed by atoms with Crippen molar-refractivity contribution in [3.05, 3.63) is 46.3 Å². The molecule has 0 aromatic heterocycles. The van der Waals surface area contributed by atoms with Crippen LogP contribution in [0.3, 0.4) is 0 Å². The summed E-state index contributed by atoms with van der Waals surface area (Å²) in [5.74, 6) is -5.93. The number of rotatable bonds is 9. The first kappa shape index (κ1) is 36.0. The van der Waals surface area contributed by atoms with Gasteiger partial charge in [-0.3, -0.25) is 15.0 Å². The predicted octanol–water partition coefficient (Wildman–Crippen LogP) is 7.20. The normalized spacial score (nSPS) is 14.5. The molecule has 0 aliphatic carbocycles. The number of ketones is 1. The van der Waals surface area contributed by atoms with Gasteiger partial charge in [-0.1, -0.05) is 19.4 Å². The van der Waals surface area contributed by atoms with E-state index in [1.807, 2.05) is 0 Å². The average Bonchev–Trinajstić information content (AvgIpc) is 3.15. The molecule has 0 spiro atoms. The van der Waals surface area contributed by atoms with E-state index in [2.05, 4.69) is 0 Å². The molecule has 0 radical (unpaired) electrons. The van der Waals surface area contributed by atoms with Gasteiger partial charge < -0.3 is 24.8 Å². The molecule has 0 saturated heterocycles. The maximum atomic E-state index is 15.2. The number of Topliss-reactive ketones (excluding diaryl/α,β-unsaturated/α-hetero) is 1. The van der Waals surface area contributed by atoms with E-state index in [0.717, 1.165) is 13.8 Å². The van der Waals surface area contributed by atoms with Crippen LogP contribution in [-0.4, -0.2) is 59.4 Å². The summed E-state index contributed by atoms with van der Waals surface area (Å²) >= 11 is 0.